The first-order valence-electron chi connectivity index (χ1n) is 6.56. The molecule has 108 valence electrons. The minimum absolute atomic E-state index is 0.263. The number of hydrogen-bond acceptors (Lipinski definition) is 6. The zero-order chi connectivity index (χ0) is 14.4. The molecular weight excluding hydrogens is 242 g/mol. The van der Waals surface area contributed by atoms with Gasteiger partial charge in [-0.2, -0.15) is 0 Å². The van der Waals surface area contributed by atoms with Gasteiger partial charge in [-0.15, -0.1) is 0 Å². The molecule has 0 aliphatic carbocycles. The maximum atomic E-state index is 5.53. The van der Waals surface area contributed by atoms with Gasteiger partial charge in [-0.3, -0.25) is 0 Å². The predicted molar refractivity (Wildman–Crippen MR) is 78.4 cm³/mol. The Morgan fingerprint density at radius 3 is 2.58 bits per heavy atom. The van der Waals surface area contributed by atoms with E-state index < -0.39 is 0 Å². The number of ether oxygens (including phenoxy) is 1. The minimum atomic E-state index is 0.263. The summed E-state index contributed by atoms with van der Waals surface area (Å²) in [6.45, 7) is 7.74. The Bertz CT molecular complexity index is 408. The largest absolute Gasteiger partial charge is 0.385 e. The Balaban J connectivity index is 3.00. The summed E-state index contributed by atoms with van der Waals surface area (Å²) in [5.41, 5.74) is 3.62. The topological polar surface area (TPSA) is 76.3 Å². The summed E-state index contributed by atoms with van der Waals surface area (Å²) in [4.78, 5) is 11.2. The maximum Gasteiger partial charge on any atom is 0.148 e. The number of nitrogen functional groups attached to an aromatic ring is 1. The highest BCUT2D eigenvalue weighted by molar-refractivity contribution is 5.58. The van der Waals surface area contributed by atoms with Crippen molar-refractivity contribution in [2.75, 3.05) is 37.6 Å². The van der Waals surface area contributed by atoms with Crippen LogP contribution in [0.15, 0.2) is 0 Å². The first-order chi connectivity index (χ1) is 9.01. The number of nitrogens with one attached hydrogen (secondary N) is 1. The maximum absolute atomic E-state index is 5.53. The Labute approximate surface area is 115 Å². The zero-order valence-corrected chi connectivity index (χ0v) is 12.5. The average molecular weight is 267 g/mol. The van der Waals surface area contributed by atoms with Crippen molar-refractivity contribution in [3.8, 4) is 0 Å². The van der Waals surface area contributed by atoms with Crippen LogP contribution < -0.4 is 16.2 Å². The molecule has 0 bridgehead atoms. The SMILES string of the molecule is COCCCN(C)c1nc(C(C)C)nc(NN)c1C. The van der Waals surface area contributed by atoms with Gasteiger partial charge in [0, 0.05) is 38.8 Å². The van der Waals surface area contributed by atoms with Crippen LogP contribution in [0, 0.1) is 6.92 Å². The van der Waals surface area contributed by atoms with Crippen molar-refractivity contribution in [1.82, 2.24) is 9.97 Å². The summed E-state index contributed by atoms with van der Waals surface area (Å²) in [5, 5.41) is 0. The van der Waals surface area contributed by atoms with Crippen LogP contribution in [0.25, 0.3) is 0 Å². The highest BCUT2D eigenvalue weighted by Gasteiger charge is 2.15. The lowest BCUT2D eigenvalue weighted by atomic mass is 10.2. The van der Waals surface area contributed by atoms with E-state index in [1.165, 1.54) is 0 Å². The molecule has 0 spiro atoms. The van der Waals surface area contributed by atoms with Gasteiger partial charge < -0.3 is 15.1 Å². The van der Waals surface area contributed by atoms with Crippen LogP contribution in [-0.4, -0.2) is 37.3 Å². The fourth-order valence-electron chi connectivity index (χ4n) is 1.84. The van der Waals surface area contributed by atoms with E-state index in [-0.39, 0.29) is 5.92 Å². The third-order valence-corrected chi connectivity index (χ3v) is 2.99. The molecule has 0 atom stereocenters. The van der Waals surface area contributed by atoms with Crippen molar-refractivity contribution >= 4 is 11.6 Å². The van der Waals surface area contributed by atoms with Gasteiger partial charge in [-0.1, -0.05) is 13.8 Å². The Morgan fingerprint density at radius 2 is 2.05 bits per heavy atom. The number of hydrogen-bond donors (Lipinski definition) is 2. The fourth-order valence-corrected chi connectivity index (χ4v) is 1.84. The first-order valence-corrected chi connectivity index (χ1v) is 6.56. The number of hydrazine groups is 1. The first kappa shape index (κ1) is 15.7. The van der Waals surface area contributed by atoms with Gasteiger partial charge in [0.2, 0.25) is 0 Å². The van der Waals surface area contributed by atoms with Crippen LogP contribution in [-0.2, 0) is 4.74 Å². The molecule has 0 saturated heterocycles. The summed E-state index contributed by atoms with van der Waals surface area (Å²) in [5.74, 6) is 8.20. The molecule has 0 aliphatic heterocycles. The molecule has 0 aromatic carbocycles. The molecule has 6 nitrogen and oxygen atoms in total. The lowest BCUT2D eigenvalue weighted by molar-refractivity contribution is 0.196. The smallest absolute Gasteiger partial charge is 0.148 e. The molecule has 1 aromatic heterocycles. The van der Waals surface area contributed by atoms with Crippen LogP contribution in [0.5, 0.6) is 0 Å². The molecule has 0 fully saturated rings. The highest BCUT2D eigenvalue weighted by atomic mass is 16.5. The number of aromatic nitrogens is 2. The van der Waals surface area contributed by atoms with E-state index in [1.54, 1.807) is 7.11 Å². The molecule has 1 aromatic rings. The predicted octanol–water partition coefficient (Wildman–Crippen LogP) is 1.67. The van der Waals surface area contributed by atoms with Crippen molar-refractivity contribution in [2.45, 2.75) is 33.1 Å². The summed E-state index contributed by atoms with van der Waals surface area (Å²) < 4.78 is 5.07. The zero-order valence-electron chi connectivity index (χ0n) is 12.5. The minimum Gasteiger partial charge on any atom is -0.385 e. The van der Waals surface area contributed by atoms with E-state index in [9.17, 15) is 0 Å². The van der Waals surface area contributed by atoms with E-state index >= 15 is 0 Å². The van der Waals surface area contributed by atoms with E-state index in [2.05, 4.69) is 34.1 Å². The molecule has 19 heavy (non-hydrogen) atoms. The average Bonchev–Trinajstić information content (AvgIpc) is 2.38. The molecule has 1 rings (SSSR count). The van der Waals surface area contributed by atoms with Crippen LogP contribution in [0.1, 0.15) is 37.6 Å². The van der Waals surface area contributed by atoms with Crippen molar-refractivity contribution in [3.63, 3.8) is 0 Å². The highest BCUT2D eigenvalue weighted by Crippen LogP contribution is 2.24. The van der Waals surface area contributed by atoms with E-state index in [0.29, 0.717) is 5.82 Å². The summed E-state index contributed by atoms with van der Waals surface area (Å²) in [6.07, 6.45) is 0.957. The molecule has 6 heteroatoms. The lowest BCUT2D eigenvalue weighted by Gasteiger charge is -2.22. The summed E-state index contributed by atoms with van der Waals surface area (Å²) in [7, 11) is 3.73. The quantitative estimate of drug-likeness (QED) is 0.444. The van der Waals surface area contributed by atoms with Gasteiger partial charge in [0.15, 0.2) is 0 Å². The lowest BCUT2D eigenvalue weighted by Crippen LogP contribution is -2.24. The summed E-state index contributed by atoms with van der Waals surface area (Å²) in [6, 6.07) is 0. The fraction of sp³-hybridized carbons (Fsp3) is 0.692. The van der Waals surface area contributed by atoms with Gasteiger partial charge >= 0.3 is 0 Å². The Morgan fingerprint density at radius 1 is 1.37 bits per heavy atom. The second kappa shape index (κ2) is 7.25. The van der Waals surface area contributed by atoms with Crippen LogP contribution in [0.2, 0.25) is 0 Å². The molecular formula is C13H25N5O. The molecule has 3 N–H and O–H groups in total. The van der Waals surface area contributed by atoms with Crippen molar-refractivity contribution in [1.29, 1.82) is 0 Å². The van der Waals surface area contributed by atoms with E-state index in [0.717, 1.165) is 36.8 Å². The molecule has 0 amide bonds. The number of anilines is 2. The normalized spacial score (nSPS) is 10.9. The monoisotopic (exact) mass is 267 g/mol. The second-order valence-corrected chi connectivity index (χ2v) is 4.95. The van der Waals surface area contributed by atoms with Gasteiger partial charge in [-0.05, 0) is 13.3 Å². The number of nitrogens with two attached hydrogens (primary N) is 1. The second-order valence-electron chi connectivity index (χ2n) is 4.95. The van der Waals surface area contributed by atoms with Gasteiger partial charge in [-0.25, -0.2) is 15.8 Å². The van der Waals surface area contributed by atoms with Crippen molar-refractivity contribution in [3.05, 3.63) is 11.4 Å². The van der Waals surface area contributed by atoms with E-state index in [1.807, 2.05) is 14.0 Å². The van der Waals surface area contributed by atoms with Gasteiger partial charge in [0.25, 0.3) is 0 Å². The van der Waals surface area contributed by atoms with Crippen molar-refractivity contribution < 1.29 is 4.74 Å². The molecule has 0 saturated carbocycles. The van der Waals surface area contributed by atoms with Crippen LogP contribution in [0.3, 0.4) is 0 Å². The molecule has 1 heterocycles. The number of methoxy groups -OCH3 is 1. The van der Waals surface area contributed by atoms with Crippen LogP contribution in [0.4, 0.5) is 11.6 Å². The molecule has 0 aliphatic rings. The van der Waals surface area contributed by atoms with Crippen molar-refractivity contribution in [2.24, 2.45) is 5.84 Å². The van der Waals surface area contributed by atoms with E-state index in [4.69, 9.17) is 10.6 Å². The third-order valence-electron chi connectivity index (χ3n) is 2.99. The Hall–Kier alpha value is -1.40. The standard InChI is InChI=1S/C13H25N5O/c1-9(2)11-15-12(17-14)10(3)13(16-11)18(4)7-6-8-19-5/h9H,6-8,14H2,1-5H3,(H,15,16,17). The Kier molecular flexibility index (Phi) is 5.98. The third kappa shape index (κ3) is 4.04. The number of nitrogens with zero attached hydrogens (tertiary/aromatic N) is 3. The number of rotatable bonds is 7. The molecule has 0 unspecified atom stereocenters. The summed E-state index contributed by atoms with van der Waals surface area (Å²) >= 11 is 0. The van der Waals surface area contributed by atoms with Crippen LogP contribution >= 0.6 is 0 Å². The van der Waals surface area contributed by atoms with Gasteiger partial charge in [0.05, 0.1) is 0 Å². The van der Waals surface area contributed by atoms with Gasteiger partial charge in [0.1, 0.15) is 17.5 Å². The molecule has 0 radical (unpaired) electrons.